The zero-order chi connectivity index (χ0) is 79.8. The third kappa shape index (κ3) is 48.1. The molecule has 39 heteroatoms. The van der Waals surface area contributed by atoms with E-state index >= 15 is 0 Å². The van der Waals surface area contributed by atoms with Gasteiger partial charge in [-0.05, 0) is 120 Å². The number of nitrogens with zero attached hydrogens (tertiary/aromatic N) is 6. The Morgan fingerprint density at radius 3 is 0.394 bits per heavy atom. The van der Waals surface area contributed by atoms with E-state index in [1.54, 1.807) is 85.3 Å². The molecule has 6 aromatic rings. The summed E-state index contributed by atoms with van der Waals surface area (Å²) in [5, 5.41) is 17.8. The van der Waals surface area contributed by atoms with E-state index in [9.17, 15) is 50.4 Å². The van der Waals surface area contributed by atoms with Crippen LogP contribution in [0.5, 0.6) is 69.0 Å². The van der Waals surface area contributed by atoms with Gasteiger partial charge in [-0.1, -0.05) is 0 Å². The number of hydrogen-bond acceptors (Lipinski definition) is 22. The van der Waals surface area contributed by atoms with Crippen molar-refractivity contribution in [2.75, 3.05) is 164 Å². The normalized spacial score (nSPS) is 15.2. The maximum absolute atomic E-state index is 10.7. The molecule has 0 aliphatic carbocycles. The van der Waals surface area contributed by atoms with Gasteiger partial charge in [0.05, 0.1) is 85.3 Å². The van der Waals surface area contributed by atoms with Crippen molar-refractivity contribution < 1.29 is 167 Å². The molecule has 2 saturated heterocycles. The maximum atomic E-state index is 9.87. The first-order chi connectivity index (χ1) is 49.2. The number of methoxy groups -OCH3 is 12. The molecule has 0 aromatic heterocycles. The van der Waals surface area contributed by atoms with E-state index in [0.717, 1.165) is 201 Å². The van der Waals surface area contributed by atoms with Crippen LogP contribution < -0.4 is 67.1 Å². The molecule has 0 bridgehead atoms. The quantitative estimate of drug-likeness (QED) is 0.0311. The number of carbonyl (C=O) groups excluding carboxylic acids is 2. The first-order valence-electron chi connectivity index (χ1n) is 32.4. The average molecular weight is 1700 g/mol. The fraction of sp³-hybridized carbons (Fsp3) is 0.457. The summed E-state index contributed by atoms with van der Waals surface area (Å²) in [4.78, 5) is 32.8. The number of carboxylic acids is 2. The molecule has 2 fully saturated rings. The third-order valence-electron chi connectivity index (χ3n) is 15.3. The van der Waals surface area contributed by atoms with Crippen LogP contribution in [-0.4, -0.2) is 205 Å². The Morgan fingerprint density at radius 1 is 0.257 bits per heavy atom. The molecule has 109 heavy (non-hydrogen) atoms. The van der Waals surface area contributed by atoms with Gasteiger partial charge in [0.25, 0.3) is 0 Å². The summed E-state index contributed by atoms with van der Waals surface area (Å²) >= 11 is 0. The Bertz CT molecular complexity index is 3000. The zero-order valence-corrected chi connectivity index (χ0v) is 66.9. The molecular weight excluding hydrogens is 1600 g/mol. The summed E-state index contributed by atoms with van der Waals surface area (Å²) in [6.07, 6.45) is 0. The summed E-state index contributed by atoms with van der Waals surface area (Å²) in [5.74, 6) is 7.45. The minimum atomic E-state index is -10.7. The molecule has 0 N–H and O–H groups in total. The van der Waals surface area contributed by atoms with E-state index in [0.29, 0.717) is 0 Å². The van der Waals surface area contributed by atoms with Gasteiger partial charge in [0.1, 0.15) is 69.0 Å². The minimum Gasteiger partial charge on any atom is -2.00 e. The molecule has 0 atom stereocenters. The molecule has 8 rings (SSSR count). The van der Waals surface area contributed by atoms with Crippen molar-refractivity contribution in [3.63, 3.8) is 0 Å². The Balaban J connectivity index is 0.00000164. The Hall–Kier alpha value is -7.36. The number of aliphatic carboxylic acids is 2. The summed E-state index contributed by atoms with van der Waals surface area (Å²) in [6.45, 7) is 17.9. The van der Waals surface area contributed by atoms with Gasteiger partial charge in [0.15, 0.2) is 0 Å². The Morgan fingerprint density at radius 2 is 0.330 bits per heavy atom. The van der Waals surface area contributed by atoms with Crippen LogP contribution in [0.4, 0.5) is 50.4 Å². The Kier molecular flexibility index (Phi) is 42.2. The number of benzene rings is 6. The average Bonchev–Trinajstić information content (AvgIpc) is 0.990. The van der Waals surface area contributed by atoms with Crippen LogP contribution in [0.25, 0.3) is 0 Å². The van der Waals surface area contributed by atoms with Crippen molar-refractivity contribution in [3.8, 4) is 69.0 Å². The van der Waals surface area contributed by atoms with Crippen molar-refractivity contribution >= 4 is 27.6 Å². The van der Waals surface area contributed by atoms with Crippen LogP contribution in [0.2, 0.25) is 0 Å². The van der Waals surface area contributed by atoms with Crippen molar-refractivity contribution in [2.24, 2.45) is 0 Å². The SMILES string of the molecule is CC(=O)[O-].CC(=O)[O-].COc1cc(CN2CCN(Cc3cc(OC)cc(OC)c3)CCN(Cc3cc(OC)cc(OC)c3)CC2)cc(OC)c1.COc1cc(CN2CCN(Cc3cc(OC)cc(OC)c3)CCN(Cc3cc(OC)cc(OC)c3)CC2)cc(OC)c1.F[P-](F)(F)(F)(F)F.F[P-](F)(F)(F)(F)F.[Fe+6].[Fe+6].[O-2]. The van der Waals surface area contributed by atoms with Crippen LogP contribution in [-0.2, 0) is 88.5 Å². The monoisotopic (exact) mass is 1690 g/mol. The molecule has 0 unspecified atom stereocenters. The fourth-order valence-corrected chi connectivity index (χ4v) is 10.6. The minimum absolute atomic E-state index is 0. The summed E-state index contributed by atoms with van der Waals surface area (Å²) in [6, 6.07) is 36.6. The molecule has 0 radical (unpaired) electrons. The van der Waals surface area contributed by atoms with Gasteiger partial charge in [-0.15, -0.1) is 0 Å². The number of ether oxygens (including phenoxy) is 12. The van der Waals surface area contributed by atoms with Gasteiger partial charge in [0, 0.05) is 166 Å². The third-order valence-corrected chi connectivity index (χ3v) is 15.3. The van der Waals surface area contributed by atoms with Gasteiger partial charge in [-0.25, -0.2) is 0 Å². The van der Waals surface area contributed by atoms with Crippen LogP contribution in [0.15, 0.2) is 109 Å². The standard InChI is InChI=1S/2C33H45N3O6.2C2H4O2.2F6P.2Fe.O/c2*1-37-28-13-25(14-29(19-28)38-2)22-34-7-9-35(23-26-15-30(39-3)20-31(16-26)40-4)11-12-36(10-8-34)24-27-17-32(41-5)21-33(18-27)42-6;2*1-2(3)4;2*1-7(2,3,4,5)6;;;/h2*13-21H,7-12,22-24H2,1-6H3;2*1H3,(H,3,4);;;;;/q;;;;2*-1;2*+6;-2/p-2. The van der Waals surface area contributed by atoms with Gasteiger partial charge in [-0.3, -0.25) is 29.4 Å². The van der Waals surface area contributed by atoms with E-state index in [4.69, 9.17) is 76.6 Å². The molecule has 2 heterocycles. The predicted octanol–water partition coefficient (Wildman–Crippen LogP) is 13.3. The second kappa shape index (κ2) is 45.2. The van der Waals surface area contributed by atoms with Crippen LogP contribution in [0.1, 0.15) is 47.2 Å². The predicted molar refractivity (Wildman–Crippen MR) is 378 cm³/mol. The second-order valence-corrected chi connectivity index (χ2v) is 27.7. The van der Waals surface area contributed by atoms with E-state index in [1.807, 2.05) is 36.4 Å². The second-order valence-electron chi connectivity index (χ2n) is 23.9. The van der Waals surface area contributed by atoms with Crippen molar-refractivity contribution in [3.05, 3.63) is 143 Å². The summed E-state index contributed by atoms with van der Waals surface area (Å²) in [5.41, 5.74) is 6.99. The molecule has 612 valence electrons. The molecular formula is C70H96F12Fe2N6O17P2+6. The van der Waals surface area contributed by atoms with Gasteiger partial charge in [-0.2, -0.15) is 0 Å². The fourth-order valence-electron chi connectivity index (χ4n) is 10.6. The van der Waals surface area contributed by atoms with Gasteiger partial charge >= 0.3 is 100 Å². The van der Waals surface area contributed by atoms with E-state index in [2.05, 4.69) is 102 Å². The van der Waals surface area contributed by atoms with Crippen molar-refractivity contribution in [1.82, 2.24) is 29.4 Å². The topological polar surface area (TPSA) is 239 Å². The van der Waals surface area contributed by atoms with Crippen LogP contribution in [0, 0.1) is 0 Å². The molecule has 0 amide bonds. The van der Waals surface area contributed by atoms with Crippen molar-refractivity contribution in [1.29, 1.82) is 0 Å². The smallest absolute Gasteiger partial charge is 2.00 e. The summed E-state index contributed by atoms with van der Waals surface area (Å²) in [7, 11) is -1.03. The number of carboxylic acid groups (broad SMARTS) is 2. The molecule has 23 nitrogen and oxygen atoms in total. The zero-order valence-electron chi connectivity index (χ0n) is 62.9. The summed E-state index contributed by atoms with van der Waals surface area (Å²) < 4.78 is 185. The van der Waals surface area contributed by atoms with Crippen molar-refractivity contribution in [2.45, 2.75) is 53.1 Å². The first-order valence-corrected chi connectivity index (χ1v) is 36.5. The number of rotatable bonds is 24. The molecule has 2 aliphatic heterocycles. The molecule has 6 aromatic carbocycles. The van der Waals surface area contributed by atoms with Gasteiger partial charge < -0.3 is 82.1 Å². The van der Waals surface area contributed by atoms with E-state index in [-0.39, 0.29) is 39.6 Å². The van der Waals surface area contributed by atoms with E-state index in [1.165, 1.54) is 33.4 Å². The molecule has 0 saturated carbocycles. The van der Waals surface area contributed by atoms with Crippen LogP contribution >= 0.6 is 15.6 Å². The Labute approximate surface area is 649 Å². The number of carbonyl (C=O) groups is 2. The molecule has 2 aliphatic rings. The molecule has 0 spiro atoms. The maximum Gasteiger partial charge on any atom is 6.00 e. The van der Waals surface area contributed by atoms with Gasteiger partial charge in [0.2, 0.25) is 0 Å². The first kappa shape index (κ1) is 102. The number of hydrogen-bond donors (Lipinski definition) is 0. The number of halogens is 12. The van der Waals surface area contributed by atoms with Crippen LogP contribution in [0.3, 0.4) is 0 Å². The largest absolute Gasteiger partial charge is 6.00 e. The van der Waals surface area contributed by atoms with E-state index < -0.39 is 27.6 Å².